The van der Waals surface area contributed by atoms with Crippen molar-refractivity contribution in [3.63, 3.8) is 0 Å². The Hall–Kier alpha value is -2.28. The van der Waals surface area contributed by atoms with E-state index in [1.54, 1.807) is 26.6 Å². The first-order valence-corrected chi connectivity index (χ1v) is 7.83. The molecule has 0 unspecified atom stereocenters. The van der Waals surface area contributed by atoms with Crippen LogP contribution in [0.25, 0.3) is 0 Å². The molecule has 0 saturated carbocycles. The highest BCUT2D eigenvalue weighted by Crippen LogP contribution is 2.19. The van der Waals surface area contributed by atoms with Crippen LogP contribution in [0.5, 0.6) is 0 Å². The molecule has 1 fully saturated rings. The molecule has 2 aromatic rings. The van der Waals surface area contributed by atoms with Gasteiger partial charge in [0, 0.05) is 32.7 Å². The number of hydrogen-bond donors (Lipinski definition) is 0. The van der Waals surface area contributed by atoms with Gasteiger partial charge in [0.15, 0.2) is 5.76 Å². The van der Waals surface area contributed by atoms with Crippen molar-refractivity contribution in [3.8, 4) is 0 Å². The second-order valence-electron chi connectivity index (χ2n) is 5.22. The van der Waals surface area contributed by atoms with E-state index < -0.39 is 0 Å². The van der Waals surface area contributed by atoms with Gasteiger partial charge in [-0.3, -0.25) is 14.3 Å². The molecule has 0 bridgehead atoms. The Labute approximate surface area is 138 Å². The number of carbonyl (C=O) groups is 2. The molecule has 8 heteroatoms. The molecule has 3 heterocycles. The van der Waals surface area contributed by atoms with Crippen LogP contribution < -0.4 is 0 Å². The Morgan fingerprint density at radius 3 is 2.43 bits per heavy atom. The fourth-order valence-electron chi connectivity index (χ4n) is 2.63. The maximum Gasteiger partial charge on any atom is 0.289 e. The average Bonchev–Trinajstić information content (AvgIpc) is 3.23. The molecule has 0 aromatic carbocycles. The second-order valence-corrected chi connectivity index (χ2v) is 5.63. The summed E-state index contributed by atoms with van der Waals surface area (Å²) in [4.78, 5) is 28.2. The van der Waals surface area contributed by atoms with Gasteiger partial charge in [0.25, 0.3) is 11.8 Å². The summed E-state index contributed by atoms with van der Waals surface area (Å²) in [6.07, 6.45) is 2.95. The van der Waals surface area contributed by atoms with Crippen LogP contribution in [0, 0.1) is 0 Å². The molecular weight excluding hydrogens is 320 g/mol. The van der Waals surface area contributed by atoms with Gasteiger partial charge in [0.05, 0.1) is 17.5 Å². The van der Waals surface area contributed by atoms with Gasteiger partial charge in [-0.2, -0.15) is 5.10 Å². The monoisotopic (exact) mass is 336 g/mol. The summed E-state index contributed by atoms with van der Waals surface area (Å²) in [5.41, 5.74) is 0.403. The number of amides is 2. The second kappa shape index (κ2) is 6.45. The van der Waals surface area contributed by atoms with E-state index in [9.17, 15) is 9.59 Å². The highest BCUT2D eigenvalue weighted by atomic mass is 35.5. The van der Waals surface area contributed by atoms with Gasteiger partial charge >= 0.3 is 0 Å². The van der Waals surface area contributed by atoms with E-state index in [1.165, 1.54) is 12.5 Å². The van der Waals surface area contributed by atoms with Crippen molar-refractivity contribution < 1.29 is 14.0 Å². The van der Waals surface area contributed by atoms with E-state index in [0.29, 0.717) is 49.2 Å². The van der Waals surface area contributed by atoms with E-state index in [1.807, 2.05) is 6.92 Å². The lowest BCUT2D eigenvalue weighted by molar-refractivity contribution is 0.0512. The third kappa shape index (κ3) is 2.96. The molecule has 0 spiro atoms. The summed E-state index contributed by atoms with van der Waals surface area (Å²) >= 11 is 6.08. The van der Waals surface area contributed by atoms with Crippen LogP contribution in [0.4, 0.5) is 0 Å². The molecular formula is C15H17ClN4O3. The van der Waals surface area contributed by atoms with Crippen LogP contribution in [-0.2, 0) is 6.54 Å². The molecule has 0 aliphatic carbocycles. The van der Waals surface area contributed by atoms with Crippen LogP contribution in [0.15, 0.2) is 29.0 Å². The van der Waals surface area contributed by atoms with Crippen molar-refractivity contribution in [2.45, 2.75) is 13.5 Å². The molecule has 1 aliphatic rings. The quantitative estimate of drug-likeness (QED) is 0.856. The molecule has 1 aliphatic heterocycles. The number of hydrogen-bond acceptors (Lipinski definition) is 4. The number of piperazine rings is 1. The van der Waals surface area contributed by atoms with Gasteiger partial charge in [-0.15, -0.1) is 0 Å². The third-order valence-corrected chi connectivity index (χ3v) is 4.16. The van der Waals surface area contributed by atoms with E-state index in [2.05, 4.69) is 5.10 Å². The number of rotatable bonds is 3. The topological polar surface area (TPSA) is 71.6 Å². The Morgan fingerprint density at radius 2 is 1.87 bits per heavy atom. The van der Waals surface area contributed by atoms with Crippen molar-refractivity contribution in [2.24, 2.45) is 0 Å². The summed E-state index contributed by atoms with van der Waals surface area (Å²) in [7, 11) is 0. The maximum atomic E-state index is 12.6. The highest BCUT2D eigenvalue weighted by Gasteiger charge is 2.29. The molecule has 0 N–H and O–H groups in total. The standard InChI is InChI=1S/C15H17ClN4O3/c1-2-20-13(11(16)10-17-20)15(22)19-7-5-18(6-8-19)14(21)12-4-3-9-23-12/h3-4,9-10H,2,5-8H2,1H3. The maximum absolute atomic E-state index is 12.6. The molecule has 1 saturated heterocycles. The molecule has 2 amide bonds. The van der Waals surface area contributed by atoms with Gasteiger partial charge in [0.2, 0.25) is 0 Å². The summed E-state index contributed by atoms with van der Waals surface area (Å²) in [5, 5.41) is 4.44. The Balaban J connectivity index is 1.66. The summed E-state index contributed by atoms with van der Waals surface area (Å²) in [6.45, 7) is 4.31. The van der Waals surface area contributed by atoms with Gasteiger partial charge in [-0.25, -0.2) is 0 Å². The first-order valence-electron chi connectivity index (χ1n) is 7.45. The molecule has 122 valence electrons. The highest BCUT2D eigenvalue weighted by molar-refractivity contribution is 6.33. The zero-order chi connectivity index (χ0) is 16.4. The zero-order valence-corrected chi connectivity index (χ0v) is 13.5. The van der Waals surface area contributed by atoms with Gasteiger partial charge < -0.3 is 14.2 Å². The van der Waals surface area contributed by atoms with Gasteiger partial charge in [-0.05, 0) is 19.1 Å². The van der Waals surface area contributed by atoms with Crippen molar-refractivity contribution in [1.82, 2.24) is 19.6 Å². The lowest BCUT2D eigenvalue weighted by Gasteiger charge is -2.34. The first-order chi connectivity index (χ1) is 11.1. The normalized spacial score (nSPS) is 15.0. The van der Waals surface area contributed by atoms with E-state index >= 15 is 0 Å². The largest absolute Gasteiger partial charge is 0.459 e. The minimum atomic E-state index is -0.154. The first kappa shape index (κ1) is 15.6. The fourth-order valence-corrected chi connectivity index (χ4v) is 2.86. The van der Waals surface area contributed by atoms with Crippen LogP contribution in [-0.4, -0.2) is 57.6 Å². The number of halogens is 1. The van der Waals surface area contributed by atoms with Crippen molar-refractivity contribution in [2.75, 3.05) is 26.2 Å². The SMILES string of the molecule is CCn1ncc(Cl)c1C(=O)N1CCN(C(=O)c2ccco2)CC1. The molecule has 3 rings (SSSR count). The number of aromatic nitrogens is 2. The van der Waals surface area contributed by atoms with Crippen molar-refractivity contribution in [3.05, 3.63) is 41.1 Å². The number of nitrogens with zero attached hydrogens (tertiary/aromatic N) is 4. The number of aryl methyl sites for hydroxylation is 1. The Morgan fingerprint density at radius 1 is 1.22 bits per heavy atom. The van der Waals surface area contributed by atoms with Crippen LogP contribution in [0.2, 0.25) is 5.02 Å². The van der Waals surface area contributed by atoms with Crippen molar-refractivity contribution >= 4 is 23.4 Å². The lowest BCUT2D eigenvalue weighted by atomic mass is 10.2. The molecule has 0 atom stereocenters. The molecule has 7 nitrogen and oxygen atoms in total. The van der Waals surface area contributed by atoms with Crippen molar-refractivity contribution in [1.29, 1.82) is 0 Å². The number of carbonyl (C=O) groups excluding carboxylic acids is 2. The summed E-state index contributed by atoms with van der Waals surface area (Å²) in [6, 6.07) is 3.32. The van der Waals surface area contributed by atoms with Gasteiger partial charge in [-0.1, -0.05) is 11.6 Å². The predicted molar refractivity (Wildman–Crippen MR) is 83.4 cm³/mol. The van der Waals surface area contributed by atoms with E-state index in [-0.39, 0.29) is 11.8 Å². The minimum Gasteiger partial charge on any atom is -0.459 e. The molecule has 2 aromatic heterocycles. The Kier molecular flexibility index (Phi) is 4.38. The van der Waals surface area contributed by atoms with Gasteiger partial charge in [0.1, 0.15) is 5.69 Å². The third-order valence-electron chi connectivity index (χ3n) is 3.88. The smallest absolute Gasteiger partial charge is 0.289 e. The lowest BCUT2D eigenvalue weighted by Crippen LogP contribution is -2.50. The van der Waals surface area contributed by atoms with Crippen LogP contribution in [0.1, 0.15) is 28.0 Å². The predicted octanol–water partition coefficient (Wildman–Crippen LogP) is 1.75. The fraction of sp³-hybridized carbons (Fsp3) is 0.400. The molecule has 23 heavy (non-hydrogen) atoms. The van der Waals surface area contributed by atoms with E-state index in [0.717, 1.165) is 0 Å². The summed E-state index contributed by atoms with van der Waals surface area (Å²) in [5.74, 6) is 0.00931. The van der Waals surface area contributed by atoms with Crippen LogP contribution in [0.3, 0.4) is 0 Å². The van der Waals surface area contributed by atoms with Crippen LogP contribution >= 0.6 is 11.6 Å². The van der Waals surface area contributed by atoms with E-state index in [4.69, 9.17) is 16.0 Å². The average molecular weight is 337 g/mol. The summed E-state index contributed by atoms with van der Waals surface area (Å²) < 4.78 is 6.72. The molecule has 0 radical (unpaired) electrons. The number of furan rings is 1. The minimum absolute atomic E-state index is 0.153. The Bertz CT molecular complexity index is 702. The zero-order valence-electron chi connectivity index (χ0n) is 12.7.